The van der Waals surface area contributed by atoms with E-state index in [0.717, 1.165) is 45.0 Å². The monoisotopic (exact) mass is 503 g/mol. The zero-order valence-electron chi connectivity index (χ0n) is 19.1. The average Bonchev–Trinajstić information content (AvgIpc) is 3.20. The number of fused-ring (bicyclic) bond motifs is 1. The molecule has 176 valence electrons. The first-order valence-corrected chi connectivity index (χ1v) is 12.4. The van der Waals surface area contributed by atoms with E-state index in [0.29, 0.717) is 22.9 Å². The molecular weight excluding hydrogens is 482 g/mol. The first-order valence-electron chi connectivity index (χ1n) is 11.0. The summed E-state index contributed by atoms with van der Waals surface area (Å²) in [4.78, 5) is 22.2. The fourth-order valence-electron chi connectivity index (χ4n) is 3.91. The molecule has 35 heavy (non-hydrogen) atoms. The second-order valence-electron chi connectivity index (χ2n) is 8.06. The fourth-order valence-corrected chi connectivity index (χ4v) is 4.75. The van der Waals surface area contributed by atoms with Gasteiger partial charge in [0.05, 0.1) is 11.2 Å². The molecule has 0 unspecified atom stereocenters. The highest BCUT2D eigenvalue weighted by atomic mass is 35.5. The zero-order valence-corrected chi connectivity index (χ0v) is 20.7. The van der Waals surface area contributed by atoms with Gasteiger partial charge in [-0.15, -0.1) is 11.8 Å². The quantitative estimate of drug-likeness (QED) is 0.331. The molecule has 3 heterocycles. The minimum absolute atomic E-state index is 0.0868. The Morgan fingerprint density at radius 1 is 1.17 bits per heavy atom. The maximum absolute atomic E-state index is 13.0. The molecule has 4 aromatic rings. The molecule has 1 aliphatic heterocycles. The minimum Gasteiger partial charge on any atom is -0.365 e. The van der Waals surface area contributed by atoms with E-state index in [9.17, 15) is 4.79 Å². The molecule has 0 saturated carbocycles. The largest absolute Gasteiger partial charge is 0.365 e. The number of hydrogen-bond acceptors (Lipinski definition) is 7. The fraction of sp³-hybridized carbons (Fsp3) is 0.154. The molecule has 2 aromatic carbocycles. The van der Waals surface area contributed by atoms with E-state index < -0.39 is 0 Å². The molecule has 0 radical (unpaired) electrons. The Morgan fingerprint density at radius 2 is 2.06 bits per heavy atom. The van der Waals surface area contributed by atoms with E-state index >= 15 is 0 Å². The topological polar surface area (TPSA) is 92.9 Å². The number of nitrogens with one attached hydrogen (secondary N) is 2. The van der Waals surface area contributed by atoms with Gasteiger partial charge in [-0.05, 0) is 60.7 Å². The van der Waals surface area contributed by atoms with E-state index in [4.69, 9.17) is 16.1 Å². The molecule has 1 aliphatic rings. The highest BCUT2D eigenvalue weighted by Gasteiger charge is 2.18. The van der Waals surface area contributed by atoms with Crippen molar-refractivity contribution in [1.82, 2.24) is 20.4 Å². The Hall–Kier alpha value is -3.62. The molecule has 0 aliphatic carbocycles. The number of amides is 1. The number of aryl methyl sites for hydroxylation is 2. The van der Waals surface area contributed by atoms with Crippen LogP contribution in [0.2, 0.25) is 5.02 Å². The van der Waals surface area contributed by atoms with Crippen LogP contribution in [0.4, 0.5) is 5.82 Å². The van der Waals surface area contributed by atoms with Gasteiger partial charge < -0.3 is 15.2 Å². The second kappa shape index (κ2) is 9.93. The summed E-state index contributed by atoms with van der Waals surface area (Å²) in [6.07, 6.45) is 3.82. The van der Waals surface area contributed by atoms with Crippen molar-refractivity contribution >= 4 is 46.0 Å². The van der Waals surface area contributed by atoms with E-state index in [-0.39, 0.29) is 11.7 Å². The number of aromatic nitrogens is 3. The predicted molar refractivity (Wildman–Crippen MR) is 140 cm³/mol. The lowest BCUT2D eigenvalue weighted by Crippen LogP contribution is -2.25. The lowest BCUT2D eigenvalue weighted by Gasteiger charge is -2.13. The lowest BCUT2D eigenvalue weighted by atomic mass is 10.0. The van der Waals surface area contributed by atoms with Crippen LogP contribution in [-0.4, -0.2) is 26.8 Å². The molecule has 0 bridgehead atoms. The summed E-state index contributed by atoms with van der Waals surface area (Å²) < 4.78 is 5.36. The van der Waals surface area contributed by atoms with E-state index in [1.54, 1.807) is 11.8 Å². The van der Waals surface area contributed by atoms with Gasteiger partial charge in [-0.25, -0.2) is 9.97 Å². The third kappa shape index (κ3) is 5.08. The van der Waals surface area contributed by atoms with Crippen LogP contribution in [0.1, 0.15) is 27.6 Å². The number of anilines is 1. The molecule has 2 aromatic heterocycles. The number of rotatable bonds is 6. The summed E-state index contributed by atoms with van der Waals surface area (Å²) in [5.74, 6) is 1.82. The van der Waals surface area contributed by atoms with Gasteiger partial charge in [0.1, 0.15) is 11.6 Å². The number of halogens is 1. The summed E-state index contributed by atoms with van der Waals surface area (Å²) in [6.45, 7) is 4.27. The van der Waals surface area contributed by atoms with Crippen molar-refractivity contribution in [3.05, 3.63) is 93.6 Å². The highest BCUT2D eigenvalue weighted by molar-refractivity contribution is 8.02. The van der Waals surface area contributed by atoms with Crippen molar-refractivity contribution in [2.45, 2.75) is 20.4 Å². The molecule has 0 fully saturated rings. The Labute approximate surface area is 211 Å². The molecule has 0 atom stereocenters. The zero-order chi connectivity index (χ0) is 24.4. The Balaban J connectivity index is 1.55. The van der Waals surface area contributed by atoms with Crippen molar-refractivity contribution in [2.75, 3.05) is 11.1 Å². The van der Waals surface area contributed by atoms with Gasteiger partial charge in [-0.2, -0.15) is 0 Å². The summed E-state index contributed by atoms with van der Waals surface area (Å²) in [5, 5.41) is 13.7. The average molecular weight is 504 g/mol. The van der Waals surface area contributed by atoms with Crippen molar-refractivity contribution in [1.29, 1.82) is 0 Å². The molecule has 0 saturated heterocycles. The van der Waals surface area contributed by atoms with Crippen molar-refractivity contribution in [3.8, 4) is 11.1 Å². The first kappa shape index (κ1) is 23.1. The number of benzene rings is 2. The third-order valence-corrected chi connectivity index (χ3v) is 6.49. The normalized spacial score (nSPS) is 13.1. The number of carbonyl (C=O) groups excluding carboxylic acids is 1. The standard InChI is InChI=1S/C26H22ClN5O2S/c1-15-23(16(2)34-32-15)18-6-7-22-21(13-18)24(28-14-17-4-3-5-19(27)12-17)31-25(30-22)26(33)29-20-8-10-35-11-9-20/h3-10,12-13H,11,14H2,1-2H3,(H,29,33)(H,28,30,31). The van der Waals surface area contributed by atoms with Crippen molar-refractivity contribution in [2.24, 2.45) is 0 Å². The Bertz CT molecular complexity index is 1480. The van der Waals surface area contributed by atoms with Gasteiger partial charge in [0, 0.05) is 34.0 Å². The predicted octanol–water partition coefficient (Wildman–Crippen LogP) is 6.04. The van der Waals surface area contributed by atoms with Crippen LogP contribution in [0.3, 0.4) is 0 Å². The molecule has 0 spiro atoms. The molecule has 9 heteroatoms. The molecular formula is C26H22ClN5O2S. The van der Waals surface area contributed by atoms with E-state index in [2.05, 4.69) is 25.8 Å². The minimum atomic E-state index is -0.365. The van der Waals surface area contributed by atoms with Crippen LogP contribution in [0.25, 0.3) is 22.0 Å². The van der Waals surface area contributed by atoms with Crippen LogP contribution >= 0.6 is 23.4 Å². The number of nitrogens with zero attached hydrogens (tertiary/aromatic N) is 3. The van der Waals surface area contributed by atoms with Gasteiger partial charge in [-0.3, -0.25) is 4.79 Å². The lowest BCUT2D eigenvalue weighted by molar-refractivity contribution is 0.0957. The smallest absolute Gasteiger partial charge is 0.293 e. The van der Waals surface area contributed by atoms with Crippen molar-refractivity contribution < 1.29 is 9.32 Å². The number of thioether (sulfide) groups is 1. The third-order valence-electron chi connectivity index (χ3n) is 5.57. The van der Waals surface area contributed by atoms with Crippen LogP contribution in [0, 0.1) is 13.8 Å². The second-order valence-corrected chi connectivity index (χ2v) is 9.44. The number of carbonyl (C=O) groups is 1. The Kier molecular flexibility index (Phi) is 6.57. The van der Waals surface area contributed by atoms with Crippen molar-refractivity contribution in [3.63, 3.8) is 0 Å². The van der Waals surface area contributed by atoms with Gasteiger partial charge >= 0.3 is 0 Å². The number of allylic oxidation sites excluding steroid dienone is 1. The van der Waals surface area contributed by atoms with Gasteiger partial charge in [0.25, 0.3) is 5.91 Å². The van der Waals surface area contributed by atoms with Crippen LogP contribution in [-0.2, 0) is 6.54 Å². The van der Waals surface area contributed by atoms with Crippen LogP contribution < -0.4 is 10.6 Å². The van der Waals surface area contributed by atoms with Gasteiger partial charge in [0.2, 0.25) is 5.82 Å². The SMILES string of the molecule is Cc1noc(C)c1-c1ccc2nc(C(=O)NC3=CCSC=C3)nc(NCc3cccc(Cl)c3)c2c1. The Morgan fingerprint density at radius 3 is 2.80 bits per heavy atom. The molecule has 5 rings (SSSR count). The summed E-state index contributed by atoms with van der Waals surface area (Å²) in [7, 11) is 0. The van der Waals surface area contributed by atoms with Gasteiger partial charge in [-0.1, -0.05) is 41.0 Å². The summed E-state index contributed by atoms with van der Waals surface area (Å²) in [6, 6.07) is 13.4. The molecule has 1 amide bonds. The molecule has 7 nitrogen and oxygen atoms in total. The van der Waals surface area contributed by atoms with Crippen LogP contribution in [0.15, 0.2) is 70.2 Å². The van der Waals surface area contributed by atoms with Gasteiger partial charge in [0.15, 0.2) is 0 Å². The summed E-state index contributed by atoms with van der Waals surface area (Å²) in [5.41, 5.74) is 5.06. The first-order chi connectivity index (χ1) is 17.0. The maximum atomic E-state index is 13.0. The summed E-state index contributed by atoms with van der Waals surface area (Å²) >= 11 is 7.82. The van der Waals surface area contributed by atoms with Crippen LogP contribution in [0.5, 0.6) is 0 Å². The number of hydrogen-bond donors (Lipinski definition) is 2. The highest BCUT2D eigenvalue weighted by Crippen LogP contribution is 2.31. The van der Waals surface area contributed by atoms with E-state index in [1.807, 2.05) is 73.9 Å². The van der Waals surface area contributed by atoms with E-state index in [1.165, 1.54) is 0 Å². The maximum Gasteiger partial charge on any atom is 0.293 e. The molecule has 2 N–H and O–H groups in total.